The first-order valence-corrected chi connectivity index (χ1v) is 7.96. The topological polar surface area (TPSA) is 64.4 Å². The summed E-state index contributed by atoms with van der Waals surface area (Å²) >= 11 is 0. The zero-order valence-electron chi connectivity index (χ0n) is 13.7. The van der Waals surface area contributed by atoms with Gasteiger partial charge in [-0.05, 0) is 31.4 Å². The highest BCUT2D eigenvalue weighted by Gasteiger charge is 2.33. The number of hydrogen-bond acceptors (Lipinski definition) is 3. The van der Waals surface area contributed by atoms with Crippen molar-refractivity contribution in [2.24, 2.45) is 5.73 Å². The van der Waals surface area contributed by atoms with Gasteiger partial charge in [-0.2, -0.15) is 0 Å². The van der Waals surface area contributed by atoms with E-state index in [2.05, 4.69) is 5.32 Å². The number of halogens is 1. The highest BCUT2D eigenvalue weighted by molar-refractivity contribution is 5.87. The molecule has 2 aromatic carbocycles. The SMILES string of the molecule is CC(N)(C(=O)NC1CCCOc2ccccc21)c1ccccc1.Cl. The number of rotatable bonds is 3. The molecule has 3 N–H and O–H groups in total. The first-order chi connectivity index (χ1) is 11.1. The molecule has 1 heterocycles. The average Bonchev–Trinajstić information content (AvgIpc) is 2.78. The largest absolute Gasteiger partial charge is 0.493 e. The molecule has 5 heteroatoms. The molecule has 3 rings (SSSR count). The molecule has 0 radical (unpaired) electrons. The van der Waals surface area contributed by atoms with Gasteiger partial charge in [0.2, 0.25) is 5.91 Å². The van der Waals surface area contributed by atoms with Gasteiger partial charge in [-0.1, -0.05) is 48.5 Å². The van der Waals surface area contributed by atoms with Crippen LogP contribution in [-0.2, 0) is 10.3 Å². The van der Waals surface area contributed by atoms with Crippen molar-refractivity contribution in [3.63, 3.8) is 0 Å². The van der Waals surface area contributed by atoms with E-state index in [0.717, 1.165) is 29.7 Å². The first-order valence-electron chi connectivity index (χ1n) is 7.96. The molecule has 0 saturated carbocycles. The summed E-state index contributed by atoms with van der Waals surface area (Å²) < 4.78 is 5.75. The molecular weight excluding hydrogens is 324 g/mol. The first kappa shape index (κ1) is 18.3. The number of carbonyl (C=O) groups excluding carboxylic acids is 1. The van der Waals surface area contributed by atoms with Gasteiger partial charge in [0.1, 0.15) is 11.3 Å². The molecule has 24 heavy (non-hydrogen) atoms. The van der Waals surface area contributed by atoms with Gasteiger partial charge in [-0.25, -0.2) is 0 Å². The van der Waals surface area contributed by atoms with Crippen LogP contribution < -0.4 is 15.8 Å². The van der Waals surface area contributed by atoms with Gasteiger partial charge >= 0.3 is 0 Å². The number of nitrogens with one attached hydrogen (secondary N) is 1. The second-order valence-corrected chi connectivity index (χ2v) is 6.12. The lowest BCUT2D eigenvalue weighted by Gasteiger charge is -2.27. The molecule has 1 aliphatic heterocycles. The quantitative estimate of drug-likeness (QED) is 0.896. The van der Waals surface area contributed by atoms with Crippen LogP contribution in [-0.4, -0.2) is 12.5 Å². The van der Waals surface area contributed by atoms with Crippen molar-refractivity contribution in [3.05, 3.63) is 65.7 Å². The van der Waals surface area contributed by atoms with Gasteiger partial charge in [-0.3, -0.25) is 4.79 Å². The summed E-state index contributed by atoms with van der Waals surface area (Å²) in [5, 5.41) is 3.11. The van der Waals surface area contributed by atoms with Crippen LogP contribution in [0.25, 0.3) is 0 Å². The maximum Gasteiger partial charge on any atom is 0.244 e. The van der Waals surface area contributed by atoms with E-state index in [4.69, 9.17) is 10.5 Å². The minimum Gasteiger partial charge on any atom is -0.493 e. The minimum atomic E-state index is -1.07. The third-order valence-electron chi connectivity index (χ3n) is 4.34. The van der Waals surface area contributed by atoms with Gasteiger partial charge in [0.15, 0.2) is 0 Å². The van der Waals surface area contributed by atoms with E-state index >= 15 is 0 Å². The summed E-state index contributed by atoms with van der Waals surface area (Å²) in [7, 11) is 0. The lowest BCUT2D eigenvalue weighted by molar-refractivity contribution is -0.126. The number of fused-ring (bicyclic) bond motifs is 1. The standard InChI is InChI=1S/C19H22N2O2.ClH/c1-19(20,14-8-3-2-4-9-14)18(22)21-16-11-7-13-23-17-12-6-5-10-15(16)17;/h2-6,8-10,12,16H,7,11,13,20H2,1H3,(H,21,22);1H. The molecule has 2 aromatic rings. The van der Waals surface area contributed by atoms with E-state index in [1.165, 1.54) is 0 Å². The van der Waals surface area contributed by atoms with Crippen LogP contribution >= 0.6 is 12.4 Å². The number of nitrogens with two attached hydrogens (primary N) is 1. The Kier molecular flexibility index (Phi) is 5.86. The molecule has 0 fully saturated rings. The predicted octanol–water partition coefficient (Wildman–Crippen LogP) is 3.31. The van der Waals surface area contributed by atoms with Gasteiger partial charge in [0.25, 0.3) is 0 Å². The molecule has 0 aromatic heterocycles. The summed E-state index contributed by atoms with van der Waals surface area (Å²) in [6.07, 6.45) is 1.74. The fraction of sp³-hybridized carbons (Fsp3) is 0.316. The van der Waals surface area contributed by atoms with Crippen molar-refractivity contribution in [3.8, 4) is 5.75 Å². The molecule has 1 amide bonds. The van der Waals surface area contributed by atoms with Crippen molar-refractivity contribution >= 4 is 18.3 Å². The van der Waals surface area contributed by atoms with E-state index in [0.29, 0.717) is 6.61 Å². The van der Waals surface area contributed by atoms with E-state index in [-0.39, 0.29) is 24.4 Å². The fourth-order valence-electron chi connectivity index (χ4n) is 2.90. The van der Waals surface area contributed by atoms with Crippen LogP contribution in [0.5, 0.6) is 5.75 Å². The zero-order chi connectivity index (χ0) is 16.3. The molecular formula is C19H23ClN2O2. The van der Waals surface area contributed by atoms with Gasteiger partial charge in [0, 0.05) is 5.56 Å². The predicted molar refractivity (Wildman–Crippen MR) is 97.3 cm³/mol. The van der Waals surface area contributed by atoms with Crippen molar-refractivity contribution in [2.75, 3.05) is 6.61 Å². The lowest BCUT2D eigenvalue weighted by atomic mass is 9.91. The molecule has 4 nitrogen and oxygen atoms in total. The number of carbonyl (C=O) groups is 1. The van der Waals surface area contributed by atoms with Crippen LogP contribution in [0.15, 0.2) is 54.6 Å². The normalized spacial score (nSPS) is 18.8. The molecule has 0 aliphatic carbocycles. The lowest BCUT2D eigenvalue weighted by Crippen LogP contribution is -2.49. The van der Waals surface area contributed by atoms with E-state index in [1.807, 2.05) is 54.6 Å². The van der Waals surface area contributed by atoms with Crippen LogP contribution in [0, 0.1) is 0 Å². The van der Waals surface area contributed by atoms with Gasteiger partial charge in [0.05, 0.1) is 12.6 Å². The highest BCUT2D eigenvalue weighted by Crippen LogP contribution is 2.32. The van der Waals surface area contributed by atoms with Crippen LogP contribution in [0.2, 0.25) is 0 Å². The zero-order valence-corrected chi connectivity index (χ0v) is 14.5. The monoisotopic (exact) mass is 346 g/mol. The molecule has 0 bridgehead atoms. The third kappa shape index (κ3) is 3.71. The van der Waals surface area contributed by atoms with Crippen molar-refractivity contribution < 1.29 is 9.53 Å². The maximum atomic E-state index is 12.8. The molecule has 0 spiro atoms. The number of hydrogen-bond donors (Lipinski definition) is 2. The summed E-state index contributed by atoms with van der Waals surface area (Å²) in [5.41, 5.74) is 7.07. The van der Waals surface area contributed by atoms with Gasteiger partial charge < -0.3 is 15.8 Å². The molecule has 2 unspecified atom stereocenters. The molecule has 0 saturated heterocycles. The number of amides is 1. The Morgan fingerprint density at radius 3 is 2.58 bits per heavy atom. The number of ether oxygens (including phenoxy) is 1. The van der Waals surface area contributed by atoms with E-state index < -0.39 is 5.54 Å². The Morgan fingerprint density at radius 2 is 1.83 bits per heavy atom. The second kappa shape index (κ2) is 7.69. The van der Waals surface area contributed by atoms with E-state index in [9.17, 15) is 4.79 Å². The van der Waals surface area contributed by atoms with Gasteiger partial charge in [-0.15, -0.1) is 12.4 Å². The Morgan fingerprint density at radius 1 is 1.17 bits per heavy atom. The Hall–Kier alpha value is -2.04. The Labute approximate surface area is 148 Å². The smallest absolute Gasteiger partial charge is 0.244 e. The fourth-order valence-corrected chi connectivity index (χ4v) is 2.90. The average molecular weight is 347 g/mol. The molecule has 128 valence electrons. The number of para-hydroxylation sites is 1. The highest BCUT2D eigenvalue weighted by atomic mass is 35.5. The van der Waals surface area contributed by atoms with E-state index in [1.54, 1.807) is 6.92 Å². The minimum absolute atomic E-state index is 0. The van der Waals surface area contributed by atoms with Crippen molar-refractivity contribution in [2.45, 2.75) is 31.3 Å². The van der Waals surface area contributed by atoms with Crippen LogP contribution in [0.4, 0.5) is 0 Å². The van der Waals surface area contributed by atoms with Crippen LogP contribution in [0.1, 0.15) is 36.9 Å². The maximum absolute atomic E-state index is 12.8. The summed E-state index contributed by atoms with van der Waals surface area (Å²) in [6.45, 7) is 2.42. The van der Waals surface area contributed by atoms with Crippen molar-refractivity contribution in [1.82, 2.24) is 5.32 Å². The molecule has 1 aliphatic rings. The summed E-state index contributed by atoms with van der Waals surface area (Å²) in [6, 6.07) is 17.2. The Balaban J connectivity index is 0.00000208. The number of benzene rings is 2. The molecule has 2 atom stereocenters. The Bertz CT molecular complexity index is 689. The van der Waals surface area contributed by atoms with Crippen molar-refractivity contribution in [1.29, 1.82) is 0 Å². The second-order valence-electron chi connectivity index (χ2n) is 6.12. The van der Waals surface area contributed by atoms with Crippen LogP contribution in [0.3, 0.4) is 0 Å². The summed E-state index contributed by atoms with van der Waals surface area (Å²) in [4.78, 5) is 12.8. The summed E-state index contributed by atoms with van der Waals surface area (Å²) in [5.74, 6) is 0.666. The third-order valence-corrected chi connectivity index (χ3v) is 4.34.